The normalized spacial score (nSPS) is 14.6. The molecule has 1 aromatic carbocycles. The van der Waals surface area contributed by atoms with Gasteiger partial charge in [-0.3, -0.25) is 9.36 Å². The molecule has 0 saturated heterocycles. The van der Waals surface area contributed by atoms with Gasteiger partial charge in [-0.2, -0.15) is 0 Å². The van der Waals surface area contributed by atoms with E-state index in [2.05, 4.69) is 0 Å². The fraction of sp³-hybridized carbons (Fsp3) is 0.611. The van der Waals surface area contributed by atoms with E-state index in [1.807, 2.05) is 0 Å². The lowest BCUT2D eigenvalue weighted by molar-refractivity contribution is -0.145. The molecule has 0 aliphatic carbocycles. The van der Waals surface area contributed by atoms with Gasteiger partial charge >= 0.3 is 13.6 Å². The molecular weight excluding hydrogens is 359 g/mol. The Morgan fingerprint density at radius 1 is 1.04 bits per heavy atom. The highest BCUT2D eigenvalue weighted by Crippen LogP contribution is 2.64. The van der Waals surface area contributed by atoms with Crippen LogP contribution < -0.4 is 9.47 Å². The summed E-state index contributed by atoms with van der Waals surface area (Å²) >= 11 is 0. The number of benzene rings is 1. The maximum absolute atomic E-state index is 12.4. The Hall–Kier alpha value is -1.56. The van der Waals surface area contributed by atoms with Gasteiger partial charge in [-0.15, -0.1) is 0 Å². The zero-order valence-electron chi connectivity index (χ0n) is 16.0. The van der Waals surface area contributed by atoms with Crippen LogP contribution in [0.1, 0.15) is 45.6 Å². The highest BCUT2D eigenvalue weighted by Gasteiger charge is 2.64. The van der Waals surface area contributed by atoms with Crippen molar-refractivity contribution in [1.29, 1.82) is 0 Å². The lowest BCUT2D eigenvalue weighted by Crippen LogP contribution is -2.54. The lowest BCUT2D eigenvalue weighted by Gasteiger charge is -2.47. The molecule has 0 spiro atoms. The van der Waals surface area contributed by atoms with Crippen molar-refractivity contribution in [2.75, 3.05) is 14.2 Å². The minimum absolute atomic E-state index is 0.165. The van der Waals surface area contributed by atoms with Crippen molar-refractivity contribution in [2.45, 2.75) is 51.6 Å². The standard InChI is InChI=1S/C18H29O7P/c1-6-17(7-2,18(8-3,16(19)20)26(21,22)23)12-13-9-10-14(24-4)15(11-13)25-5/h9-11H,6-8,12H2,1-5H3,(H,19,20)(H2,21,22,23). The molecule has 0 amide bonds. The molecule has 7 nitrogen and oxygen atoms in total. The number of carbonyl (C=O) groups is 1. The van der Waals surface area contributed by atoms with Crippen LogP contribution in [-0.4, -0.2) is 40.2 Å². The Bertz CT molecular complexity index is 678. The van der Waals surface area contributed by atoms with Crippen molar-refractivity contribution in [3.8, 4) is 11.5 Å². The SMILES string of the molecule is CCC(CC)(Cc1ccc(OC)c(OC)c1)C(CC)(C(=O)O)P(=O)(O)O. The van der Waals surface area contributed by atoms with Gasteiger partial charge in [0.05, 0.1) is 14.2 Å². The summed E-state index contributed by atoms with van der Waals surface area (Å²) in [7, 11) is -1.93. The molecule has 0 bridgehead atoms. The number of hydrogen-bond acceptors (Lipinski definition) is 4. The van der Waals surface area contributed by atoms with Crippen molar-refractivity contribution in [3.05, 3.63) is 23.8 Å². The maximum Gasteiger partial charge on any atom is 0.343 e. The first-order chi connectivity index (χ1) is 12.1. The Morgan fingerprint density at radius 3 is 1.92 bits per heavy atom. The Balaban J connectivity index is 3.59. The maximum atomic E-state index is 12.4. The minimum atomic E-state index is -4.94. The van der Waals surface area contributed by atoms with Gasteiger partial charge in [0, 0.05) is 5.41 Å². The zero-order valence-corrected chi connectivity index (χ0v) is 16.9. The summed E-state index contributed by atoms with van der Waals surface area (Å²) in [5.74, 6) is -0.443. The van der Waals surface area contributed by atoms with Crippen LogP contribution in [0.5, 0.6) is 11.5 Å². The number of hydrogen-bond donors (Lipinski definition) is 3. The molecule has 0 aromatic heterocycles. The summed E-state index contributed by atoms with van der Waals surface area (Å²) in [6, 6.07) is 5.19. The van der Waals surface area contributed by atoms with Crippen molar-refractivity contribution >= 4 is 13.6 Å². The smallest absolute Gasteiger partial charge is 0.343 e. The zero-order chi connectivity index (χ0) is 20.2. The first-order valence-electron chi connectivity index (χ1n) is 8.59. The summed E-state index contributed by atoms with van der Waals surface area (Å²) in [4.78, 5) is 32.2. The van der Waals surface area contributed by atoms with Crippen LogP contribution in [0.25, 0.3) is 0 Å². The van der Waals surface area contributed by atoms with Gasteiger partial charge in [0.2, 0.25) is 0 Å². The summed E-state index contributed by atoms with van der Waals surface area (Å²) in [5.41, 5.74) is -0.384. The van der Waals surface area contributed by atoms with E-state index in [0.717, 1.165) is 5.56 Å². The first-order valence-corrected chi connectivity index (χ1v) is 10.2. The Labute approximate surface area is 154 Å². The van der Waals surface area contributed by atoms with E-state index < -0.39 is 24.1 Å². The van der Waals surface area contributed by atoms with Gasteiger partial charge in [-0.25, -0.2) is 0 Å². The van der Waals surface area contributed by atoms with Gasteiger partial charge in [0.25, 0.3) is 0 Å². The van der Waals surface area contributed by atoms with E-state index in [1.54, 1.807) is 32.0 Å². The van der Waals surface area contributed by atoms with E-state index in [1.165, 1.54) is 21.1 Å². The minimum Gasteiger partial charge on any atom is -0.493 e. The van der Waals surface area contributed by atoms with E-state index in [9.17, 15) is 24.3 Å². The summed E-state index contributed by atoms with van der Waals surface area (Å²) < 4.78 is 22.9. The number of methoxy groups -OCH3 is 2. The van der Waals surface area contributed by atoms with Crippen LogP contribution >= 0.6 is 7.60 Å². The molecule has 0 fully saturated rings. The predicted octanol–water partition coefficient (Wildman–Crippen LogP) is 3.46. The van der Waals surface area contributed by atoms with Gasteiger partial charge in [0.1, 0.15) is 0 Å². The third-order valence-electron chi connectivity index (χ3n) is 5.58. The monoisotopic (exact) mass is 388 g/mol. The molecule has 148 valence electrons. The van der Waals surface area contributed by atoms with Gasteiger partial charge in [0.15, 0.2) is 16.7 Å². The molecule has 0 aliphatic heterocycles. The third-order valence-corrected chi connectivity index (χ3v) is 7.56. The second-order valence-corrected chi connectivity index (χ2v) is 8.27. The van der Waals surface area contributed by atoms with Crippen LogP contribution in [0.4, 0.5) is 0 Å². The van der Waals surface area contributed by atoms with Crippen molar-refractivity contribution in [3.63, 3.8) is 0 Å². The van der Waals surface area contributed by atoms with Crippen LogP contribution in [0, 0.1) is 5.41 Å². The molecule has 0 radical (unpaired) electrons. The number of ether oxygens (including phenoxy) is 2. The first kappa shape index (κ1) is 22.5. The Morgan fingerprint density at radius 2 is 1.58 bits per heavy atom. The Kier molecular flexibility index (Phi) is 7.28. The molecule has 3 N–H and O–H groups in total. The molecule has 26 heavy (non-hydrogen) atoms. The molecular formula is C18H29O7P. The summed E-state index contributed by atoms with van der Waals surface area (Å²) in [6.45, 7) is 5.06. The van der Waals surface area contributed by atoms with Crippen LogP contribution in [-0.2, 0) is 15.8 Å². The highest BCUT2D eigenvalue weighted by atomic mass is 31.2. The molecule has 1 rings (SSSR count). The molecule has 1 aromatic rings. The van der Waals surface area contributed by atoms with Gasteiger partial charge in [-0.05, 0) is 43.4 Å². The third kappa shape index (κ3) is 3.61. The van der Waals surface area contributed by atoms with E-state index in [-0.39, 0.29) is 12.8 Å². The molecule has 0 saturated carbocycles. The van der Waals surface area contributed by atoms with E-state index >= 15 is 0 Å². The second kappa shape index (κ2) is 8.42. The predicted molar refractivity (Wildman–Crippen MR) is 99.0 cm³/mol. The summed E-state index contributed by atoms with van der Waals surface area (Å²) in [5, 5.41) is 7.73. The van der Waals surface area contributed by atoms with Crippen LogP contribution in [0.3, 0.4) is 0 Å². The fourth-order valence-electron chi connectivity index (χ4n) is 4.01. The number of aliphatic carboxylic acids is 1. The molecule has 0 aliphatic rings. The molecule has 1 atom stereocenters. The summed E-state index contributed by atoms with van der Waals surface area (Å²) in [6.07, 6.45) is 0.652. The quantitative estimate of drug-likeness (QED) is 0.526. The molecule has 8 heteroatoms. The average molecular weight is 388 g/mol. The highest BCUT2D eigenvalue weighted by molar-refractivity contribution is 7.54. The molecule has 1 unspecified atom stereocenters. The fourth-order valence-corrected chi connectivity index (χ4v) is 5.68. The van der Waals surface area contributed by atoms with Crippen LogP contribution in [0.2, 0.25) is 0 Å². The van der Waals surface area contributed by atoms with Gasteiger partial charge in [-0.1, -0.05) is 26.8 Å². The van der Waals surface area contributed by atoms with Crippen LogP contribution in [0.15, 0.2) is 18.2 Å². The topological polar surface area (TPSA) is 113 Å². The van der Waals surface area contributed by atoms with E-state index in [4.69, 9.17) is 9.47 Å². The van der Waals surface area contributed by atoms with Gasteiger partial charge < -0.3 is 24.4 Å². The second-order valence-electron chi connectivity index (χ2n) is 6.42. The number of carboxylic acid groups (broad SMARTS) is 1. The van der Waals surface area contributed by atoms with Crippen molar-refractivity contribution in [1.82, 2.24) is 0 Å². The number of carboxylic acids is 1. The largest absolute Gasteiger partial charge is 0.493 e. The number of rotatable bonds is 10. The van der Waals surface area contributed by atoms with Crippen molar-refractivity contribution in [2.24, 2.45) is 5.41 Å². The molecule has 0 heterocycles. The average Bonchev–Trinajstić information content (AvgIpc) is 2.59. The van der Waals surface area contributed by atoms with Crippen molar-refractivity contribution < 1.29 is 33.7 Å². The lowest BCUT2D eigenvalue weighted by atomic mass is 9.65. The van der Waals surface area contributed by atoms with E-state index in [0.29, 0.717) is 24.3 Å².